The Morgan fingerprint density at radius 1 is 1.38 bits per heavy atom. The molecule has 0 saturated carbocycles. The van der Waals surface area contributed by atoms with E-state index in [4.69, 9.17) is 11.6 Å². The molecule has 1 aromatic rings. The Kier molecular flexibility index (Phi) is 3.97. The molecule has 1 N–H and O–H groups in total. The summed E-state index contributed by atoms with van der Waals surface area (Å²) in [6.07, 6.45) is -0.0919. The van der Waals surface area contributed by atoms with Crippen LogP contribution in [-0.4, -0.2) is 27.4 Å². The highest BCUT2D eigenvalue weighted by atomic mass is 35.5. The number of carboxylic acid groups (broad SMARTS) is 1. The van der Waals surface area contributed by atoms with Crippen LogP contribution in [0.1, 0.15) is 38.8 Å². The van der Waals surface area contributed by atoms with Gasteiger partial charge in [-0.25, -0.2) is 4.39 Å². The Morgan fingerprint density at radius 2 is 2.00 bits per heavy atom. The largest absolute Gasteiger partial charge is 0.481 e. The standard InChI is InChI=1S/C15H17ClFNO3/c1-15(2,3)18-12(19)7-11(14(20)21)13(18)8-4-9(16)6-10(17)5-8/h4-6,11,13H,7H2,1-3H3,(H,20,21). The van der Waals surface area contributed by atoms with Gasteiger partial charge in [0.05, 0.1) is 12.0 Å². The minimum absolute atomic E-state index is 0.0919. The third-order valence-electron chi connectivity index (χ3n) is 3.59. The summed E-state index contributed by atoms with van der Waals surface area (Å²) in [5.41, 5.74) is -0.154. The summed E-state index contributed by atoms with van der Waals surface area (Å²) in [5, 5.41) is 9.56. The SMILES string of the molecule is CC(C)(C)N1C(=O)CC(C(=O)O)C1c1cc(F)cc(Cl)c1. The summed E-state index contributed by atoms with van der Waals surface area (Å²) in [5.74, 6) is -2.77. The number of nitrogens with zero attached hydrogens (tertiary/aromatic N) is 1. The fraction of sp³-hybridized carbons (Fsp3) is 0.467. The van der Waals surface area contributed by atoms with Crippen LogP contribution in [0.25, 0.3) is 0 Å². The topological polar surface area (TPSA) is 57.6 Å². The van der Waals surface area contributed by atoms with Crippen LogP contribution in [0.3, 0.4) is 0 Å². The highest BCUT2D eigenvalue weighted by molar-refractivity contribution is 6.30. The average molecular weight is 314 g/mol. The van der Waals surface area contributed by atoms with E-state index in [0.717, 1.165) is 6.07 Å². The third-order valence-corrected chi connectivity index (χ3v) is 3.81. The van der Waals surface area contributed by atoms with E-state index in [2.05, 4.69) is 0 Å². The number of rotatable bonds is 2. The smallest absolute Gasteiger partial charge is 0.309 e. The van der Waals surface area contributed by atoms with Gasteiger partial charge in [0.15, 0.2) is 0 Å². The van der Waals surface area contributed by atoms with Gasteiger partial charge in [-0.1, -0.05) is 11.6 Å². The number of aliphatic carboxylic acids is 1. The highest BCUT2D eigenvalue weighted by Crippen LogP contribution is 2.43. The summed E-state index contributed by atoms with van der Waals surface area (Å²) in [6.45, 7) is 5.47. The lowest BCUT2D eigenvalue weighted by Crippen LogP contribution is -2.44. The lowest BCUT2D eigenvalue weighted by molar-refractivity contribution is -0.142. The van der Waals surface area contributed by atoms with Crippen molar-refractivity contribution in [2.24, 2.45) is 5.92 Å². The van der Waals surface area contributed by atoms with E-state index in [-0.39, 0.29) is 17.4 Å². The van der Waals surface area contributed by atoms with Crippen molar-refractivity contribution < 1.29 is 19.1 Å². The molecule has 0 radical (unpaired) electrons. The van der Waals surface area contributed by atoms with Gasteiger partial charge >= 0.3 is 5.97 Å². The fourth-order valence-electron chi connectivity index (χ4n) is 2.87. The van der Waals surface area contributed by atoms with Gasteiger partial charge in [0, 0.05) is 17.0 Å². The van der Waals surface area contributed by atoms with Crippen LogP contribution in [0.5, 0.6) is 0 Å². The van der Waals surface area contributed by atoms with Crippen molar-refractivity contribution in [1.82, 2.24) is 4.90 Å². The molecule has 1 heterocycles. The van der Waals surface area contributed by atoms with Crippen molar-refractivity contribution in [2.75, 3.05) is 0 Å². The number of hydrogen-bond acceptors (Lipinski definition) is 2. The zero-order valence-corrected chi connectivity index (χ0v) is 12.8. The minimum Gasteiger partial charge on any atom is -0.481 e. The second-order valence-electron chi connectivity index (χ2n) is 6.23. The molecule has 0 bridgehead atoms. The summed E-state index contributed by atoms with van der Waals surface area (Å²) in [4.78, 5) is 25.2. The van der Waals surface area contributed by atoms with Gasteiger partial charge in [0.1, 0.15) is 5.82 Å². The van der Waals surface area contributed by atoms with Crippen molar-refractivity contribution in [3.8, 4) is 0 Å². The molecule has 1 aliphatic rings. The number of amides is 1. The number of carbonyl (C=O) groups is 2. The number of halogens is 2. The molecule has 4 nitrogen and oxygen atoms in total. The molecule has 2 rings (SSSR count). The van der Waals surface area contributed by atoms with E-state index in [9.17, 15) is 19.1 Å². The van der Waals surface area contributed by atoms with Crippen LogP contribution >= 0.6 is 11.6 Å². The number of benzene rings is 1. The summed E-state index contributed by atoms with van der Waals surface area (Å²) in [7, 11) is 0. The quantitative estimate of drug-likeness (QED) is 0.911. The van der Waals surface area contributed by atoms with Gasteiger partial charge in [-0.15, -0.1) is 0 Å². The lowest BCUT2D eigenvalue weighted by atomic mass is 9.91. The predicted molar refractivity (Wildman–Crippen MR) is 76.5 cm³/mol. The molecule has 0 aliphatic carbocycles. The monoisotopic (exact) mass is 313 g/mol. The fourth-order valence-corrected chi connectivity index (χ4v) is 3.10. The molecule has 0 aromatic heterocycles. The van der Waals surface area contributed by atoms with Crippen molar-refractivity contribution in [3.05, 3.63) is 34.6 Å². The molecule has 2 atom stereocenters. The van der Waals surface area contributed by atoms with E-state index in [0.29, 0.717) is 5.56 Å². The Labute approximate surface area is 127 Å². The van der Waals surface area contributed by atoms with Gasteiger partial charge in [0.25, 0.3) is 0 Å². The Morgan fingerprint density at radius 3 is 2.48 bits per heavy atom. The summed E-state index contributed by atoms with van der Waals surface area (Å²) >= 11 is 5.86. The Hall–Kier alpha value is -1.62. The van der Waals surface area contributed by atoms with Crippen molar-refractivity contribution in [1.29, 1.82) is 0 Å². The van der Waals surface area contributed by atoms with Gasteiger partial charge in [-0.05, 0) is 44.5 Å². The van der Waals surface area contributed by atoms with Gasteiger partial charge in [-0.2, -0.15) is 0 Å². The van der Waals surface area contributed by atoms with Crippen molar-refractivity contribution in [2.45, 2.75) is 38.8 Å². The zero-order chi connectivity index (χ0) is 15.9. The molecular formula is C15H17ClFNO3. The van der Waals surface area contributed by atoms with Gasteiger partial charge in [0.2, 0.25) is 5.91 Å². The Bertz CT molecular complexity index is 577. The maximum Gasteiger partial charge on any atom is 0.309 e. The normalized spacial score (nSPS) is 22.7. The molecule has 1 aromatic carbocycles. The number of likely N-dealkylation sites (tertiary alicyclic amines) is 1. The predicted octanol–water partition coefficient (Wildman–Crippen LogP) is 3.25. The lowest BCUT2D eigenvalue weighted by Gasteiger charge is -2.38. The van der Waals surface area contributed by atoms with E-state index in [1.165, 1.54) is 17.0 Å². The maximum atomic E-state index is 13.6. The average Bonchev–Trinajstić information content (AvgIpc) is 2.65. The molecule has 1 aliphatic heterocycles. The molecule has 21 heavy (non-hydrogen) atoms. The van der Waals surface area contributed by atoms with Crippen molar-refractivity contribution in [3.63, 3.8) is 0 Å². The molecule has 6 heteroatoms. The minimum atomic E-state index is -1.07. The van der Waals surface area contributed by atoms with Crippen LogP contribution in [-0.2, 0) is 9.59 Å². The number of carbonyl (C=O) groups excluding carboxylic acids is 1. The van der Waals surface area contributed by atoms with Crippen LogP contribution in [0.15, 0.2) is 18.2 Å². The third kappa shape index (κ3) is 3.02. The number of hydrogen-bond donors (Lipinski definition) is 1. The second kappa shape index (κ2) is 5.30. The Balaban J connectivity index is 2.57. The van der Waals surface area contributed by atoms with Crippen LogP contribution in [0, 0.1) is 11.7 Å². The molecule has 1 amide bonds. The van der Waals surface area contributed by atoms with Crippen molar-refractivity contribution >= 4 is 23.5 Å². The first-order valence-corrected chi connectivity index (χ1v) is 7.00. The van der Waals surface area contributed by atoms with E-state index in [1.54, 1.807) is 0 Å². The van der Waals surface area contributed by atoms with Crippen LogP contribution < -0.4 is 0 Å². The summed E-state index contributed by atoms with van der Waals surface area (Å²) < 4.78 is 13.6. The first-order valence-electron chi connectivity index (χ1n) is 6.62. The van der Waals surface area contributed by atoms with E-state index in [1.807, 2.05) is 20.8 Å². The van der Waals surface area contributed by atoms with E-state index < -0.39 is 29.3 Å². The van der Waals surface area contributed by atoms with Crippen LogP contribution in [0.4, 0.5) is 4.39 Å². The first-order chi connectivity index (χ1) is 9.61. The molecular weight excluding hydrogens is 297 g/mol. The van der Waals surface area contributed by atoms with Gasteiger partial charge < -0.3 is 10.0 Å². The molecule has 2 unspecified atom stereocenters. The highest BCUT2D eigenvalue weighted by Gasteiger charge is 2.48. The maximum absolute atomic E-state index is 13.6. The van der Waals surface area contributed by atoms with Crippen LogP contribution in [0.2, 0.25) is 5.02 Å². The summed E-state index contributed by atoms with van der Waals surface area (Å²) in [6, 6.07) is 3.19. The van der Waals surface area contributed by atoms with E-state index >= 15 is 0 Å². The van der Waals surface area contributed by atoms with Gasteiger partial charge in [-0.3, -0.25) is 9.59 Å². The molecule has 0 spiro atoms. The molecule has 1 saturated heterocycles. The number of carboxylic acids is 1. The second-order valence-corrected chi connectivity index (χ2v) is 6.67. The molecule has 1 fully saturated rings. The molecule has 114 valence electrons. The first kappa shape index (κ1) is 15.8. The zero-order valence-electron chi connectivity index (χ0n) is 12.1.